The maximum absolute atomic E-state index is 12.0. The molecule has 3 nitrogen and oxygen atoms in total. The van der Waals surface area contributed by atoms with Crippen LogP contribution in [0, 0.1) is 11.3 Å². The van der Waals surface area contributed by atoms with Gasteiger partial charge >= 0.3 is 0 Å². The van der Waals surface area contributed by atoms with Gasteiger partial charge in [0.25, 0.3) is 5.91 Å². The van der Waals surface area contributed by atoms with E-state index in [1.54, 1.807) is 36.2 Å². The summed E-state index contributed by atoms with van der Waals surface area (Å²) in [7, 11) is 1.77. The zero-order valence-electron chi connectivity index (χ0n) is 10.0. The zero-order valence-corrected chi connectivity index (χ0v) is 10.0. The summed E-state index contributed by atoms with van der Waals surface area (Å²) in [5.41, 5.74) is 1.07. The van der Waals surface area contributed by atoms with Crippen LogP contribution in [0.5, 0.6) is 0 Å². The molecule has 0 unspecified atom stereocenters. The number of carbonyl (C=O) groups excluding carboxylic acids is 1. The van der Waals surface area contributed by atoms with E-state index in [4.69, 9.17) is 5.26 Å². The minimum atomic E-state index is -0.0498. The molecule has 1 aromatic carbocycles. The van der Waals surface area contributed by atoms with Crippen LogP contribution in [0.2, 0.25) is 0 Å². The van der Waals surface area contributed by atoms with Gasteiger partial charge in [0.1, 0.15) is 0 Å². The topological polar surface area (TPSA) is 44.1 Å². The first kappa shape index (κ1) is 13.0. The Kier molecular flexibility index (Phi) is 4.96. The van der Waals surface area contributed by atoms with Crippen LogP contribution >= 0.6 is 0 Å². The number of rotatable bonds is 5. The smallest absolute Gasteiger partial charge is 0.253 e. The van der Waals surface area contributed by atoms with E-state index in [-0.39, 0.29) is 5.91 Å². The molecule has 1 aromatic rings. The highest BCUT2D eigenvalue weighted by Gasteiger charge is 2.11. The van der Waals surface area contributed by atoms with Crippen molar-refractivity contribution in [3.8, 4) is 6.07 Å². The molecule has 0 N–H and O–H groups in total. The third kappa shape index (κ3) is 3.76. The Bertz CT molecular complexity index is 446. The van der Waals surface area contributed by atoms with Gasteiger partial charge in [0, 0.05) is 19.2 Å². The molecule has 0 bridgehead atoms. The first-order valence-electron chi connectivity index (χ1n) is 5.55. The van der Waals surface area contributed by atoms with E-state index < -0.39 is 0 Å². The standard InChI is InChI=1S/C14H16N2O/c1-3-4-5-9-16(2)14(17)13-8-6-7-12(10-13)11-15/h3,6-8,10H,1,4-5,9H2,2H3. The Balaban J connectivity index is 2.68. The summed E-state index contributed by atoms with van der Waals surface area (Å²) >= 11 is 0. The molecule has 0 radical (unpaired) electrons. The van der Waals surface area contributed by atoms with Crippen molar-refractivity contribution < 1.29 is 4.79 Å². The molecule has 0 atom stereocenters. The lowest BCUT2D eigenvalue weighted by atomic mass is 10.1. The predicted octanol–water partition coefficient (Wildman–Crippen LogP) is 2.60. The second-order valence-electron chi connectivity index (χ2n) is 3.85. The highest BCUT2D eigenvalue weighted by molar-refractivity contribution is 5.94. The summed E-state index contributed by atoms with van der Waals surface area (Å²) in [6.07, 6.45) is 3.65. The Hall–Kier alpha value is -2.08. The van der Waals surface area contributed by atoms with Crippen molar-refractivity contribution in [2.75, 3.05) is 13.6 Å². The Labute approximate surface area is 102 Å². The summed E-state index contributed by atoms with van der Waals surface area (Å²) < 4.78 is 0. The predicted molar refractivity (Wildman–Crippen MR) is 67.5 cm³/mol. The number of amides is 1. The summed E-state index contributed by atoms with van der Waals surface area (Å²) in [5, 5.41) is 8.77. The minimum absolute atomic E-state index is 0.0498. The molecule has 0 spiro atoms. The van der Waals surface area contributed by atoms with E-state index in [0.29, 0.717) is 17.7 Å². The van der Waals surface area contributed by atoms with Crippen LogP contribution in [0.25, 0.3) is 0 Å². The first-order valence-corrected chi connectivity index (χ1v) is 5.55. The number of allylic oxidation sites excluding steroid dienone is 1. The summed E-state index contributed by atoms with van der Waals surface area (Å²) in [6, 6.07) is 8.79. The monoisotopic (exact) mass is 228 g/mol. The van der Waals surface area contributed by atoms with Crippen LogP contribution in [-0.2, 0) is 0 Å². The third-order valence-corrected chi connectivity index (χ3v) is 2.49. The minimum Gasteiger partial charge on any atom is -0.342 e. The molecule has 88 valence electrons. The Morgan fingerprint density at radius 3 is 3.00 bits per heavy atom. The molecule has 0 heterocycles. The van der Waals surface area contributed by atoms with Gasteiger partial charge in [0.15, 0.2) is 0 Å². The number of carbonyl (C=O) groups is 1. The highest BCUT2D eigenvalue weighted by atomic mass is 16.2. The summed E-state index contributed by atoms with van der Waals surface area (Å²) in [4.78, 5) is 13.7. The molecule has 0 aliphatic carbocycles. The summed E-state index contributed by atoms with van der Waals surface area (Å²) in [5.74, 6) is -0.0498. The lowest BCUT2D eigenvalue weighted by Gasteiger charge is -2.16. The number of unbranched alkanes of at least 4 members (excludes halogenated alkanes) is 1. The average molecular weight is 228 g/mol. The largest absolute Gasteiger partial charge is 0.342 e. The molecule has 1 amide bonds. The second-order valence-corrected chi connectivity index (χ2v) is 3.85. The molecule has 1 rings (SSSR count). The molecule has 3 heteroatoms. The molecule has 0 saturated heterocycles. The molecule has 0 fully saturated rings. The van der Waals surface area contributed by atoms with E-state index in [2.05, 4.69) is 6.58 Å². The van der Waals surface area contributed by atoms with E-state index >= 15 is 0 Å². The van der Waals surface area contributed by atoms with Gasteiger partial charge in [-0.1, -0.05) is 12.1 Å². The first-order chi connectivity index (χ1) is 8.19. The summed E-state index contributed by atoms with van der Waals surface area (Å²) in [6.45, 7) is 4.34. The SMILES string of the molecule is C=CCCCN(C)C(=O)c1cccc(C#N)c1. The number of nitriles is 1. The lowest BCUT2D eigenvalue weighted by Crippen LogP contribution is -2.27. The van der Waals surface area contributed by atoms with Crippen molar-refractivity contribution in [1.29, 1.82) is 5.26 Å². The number of hydrogen-bond acceptors (Lipinski definition) is 2. The van der Waals surface area contributed by atoms with Gasteiger partial charge in [-0.3, -0.25) is 4.79 Å². The van der Waals surface area contributed by atoms with Crippen LogP contribution in [0.4, 0.5) is 0 Å². The van der Waals surface area contributed by atoms with Crippen LogP contribution in [0.1, 0.15) is 28.8 Å². The van der Waals surface area contributed by atoms with Crippen LogP contribution in [0.15, 0.2) is 36.9 Å². The van der Waals surface area contributed by atoms with Crippen molar-refractivity contribution in [1.82, 2.24) is 4.90 Å². The third-order valence-electron chi connectivity index (χ3n) is 2.49. The molecule has 17 heavy (non-hydrogen) atoms. The van der Waals surface area contributed by atoms with Gasteiger partial charge in [-0.05, 0) is 31.0 Å². The molecular weight excluding hydrogens is 212 g/mol. The fraction of sp³-hybridized carbons (Fsp3) is 0.286. The van der Waals surface area contributed by atoms with Gasteiger partial charge in [-0.25, -0.2) is 0 Å². The second kappa shape index (κ2) is 6.49. The maximum atomic E-state index is 12.0. The fourth-order valence-corrected chi connectivity index (χ4v) is 1.52. The van der Waals surface area contributed by atoms with Gasteiger partial charge in [0.05, 0.1) is 11.6 Å². The van der Waals surface area contributed by atoms with E-state index in [9.17, 15) is 4.79 Å². The van der Waals surface area contributed by atoms with Gasteiger partial charge in [-0.2, -0.15) is 5.26 Å². The van der Waals surface area contributed by atoms with Crippen LogP contribution in [0.3, 0.4) is 0 Å². The number of hydrogen-bond donors (Lipinski definition) is 0. The van der Waals surface area contributed by atoms with Gasteiger partial charge in [0.2, 0.25) is 0 Å². The molecule has 0 saturated carbocycles. The molecule has 0 aliphatic heterocycles. The number of nitrogens with zero attached hydrogens (tertiary/aromatic N) is 2. The fourth-order valence-electron chi connectivity index (χ4n) is 1.52. The van der Waals surface area contributed by atoms with Crippen molar-refractivity contribution in [3.05, 3.63) is 48.0 Å². The molecule has 0 aromatic heterocycles. The quantitative estimate of drug-likeness (QED) is 0.574. The van der Waals surface area contributed by atoms with Crippen molar-refractivity contribution in [2.24, 2.45) is 0 Å². The highest BCUT2D eigenvalue weighted by Crippen LogP contribution is 2.07. The maximum Gasteiger partial charge on any atom is 0.253 e. The van der Waals surface area contributed by atoms with E-state index in [1.165, 1.54) is 0 Å². The van der Waals surface area contributed by atoms with Crippen molar-refractivity contribution in [2.45, 2.75) is 12.8 Å². The van der Waals surface area contributed by atoms with Crippen LogP contribution < -0.4 is 0 Å². The number of benzene rings is 1. The Morgan fingerprint density at radius 2 is 2.35 bits per heavy atom. The van der Waals surface area contributed by atoms with E-state index in [1.807, 2.05) is 12.1 Å². The lowest BCUT2D eigenvalue weighted by molar-refractivity contribution is 0.0794. The van der Waals surface area contributed by atoms with Gasteiger partial charge < -0.3 is 4.90 Å². The zero-order chi connectivity index (χ0) is 12.7. The van der Waals surface area contributed by atoms with Crippen molar-refractivity contribution in [3.63, 3.8) is 0 Å². The van der Waals surface area contributed by atoms with Gasteiger partial charge in [-0.15, -0.1) is 6.58 Å². The average Bonchev–Trinajstić information content (AvgIpc) is 2.38. The Morgan fingerprint density at radius 1 is 1.59 bits per heavy atom. The molecular formula is C14H16N2O. The van der Waals surface area contributed by atoms with Crippen molar-refractivity contribution >= 4 is 5.91 Å². The normalized spacial score (nSPS) is 9.41. The van der Waals surface area contributed by atoms with E-state index in [0.717, 1.165) is 12.8 Å². The molecule has 0 aliphatic rings. The van der Waals surface area contributed by atoms with Crippen LogP contribution in [-0.4, -0.2) is 24.4 Å².